The lowest BCUT2D eigenvalue weighted by atomic mass is 10.2. The molecule has 0 aliphatic carbocycles. The van der Waals surface area contributed by atoms with E-state index in [4.69, 9.17) is 9.15 Å². The maximum absolute atomic E-state index is 11.6. The fourth-order valence-electron chi connectivity index (χ4n) is 3.64. The second kappa shape index (κ2) is 7.92. The maximum Gasteiger partial charge on any atom is 0.211 e. The molecule has 27 heavy (non-hydrogen) atoms. The molecule has 0 saturated carbocycles. The fraction of sp³-hybridized carbons (Fsp3) is 0.556. The van der Waals surface area contributed by atoms with E-state index < -0.39 is 10.0 Å². The van der Waals surface area contributed by atoms with Gasteiger partial charge in [-0.25, -0.2) is 8.42 Å². The molecule has 4 heterocycles. The predicted molar refractivity (Wildman–Crippen MR) is 107 cm³/mol. The number of hydrogen-bond donors (Lipinski definition) is 0. The molecule has 2 saturated heterocycles. The van der Waals surface area contributed by atoms with Crippen LogP contribution in [0.15, 0.2) is 34.5 Å². The van der Waals surface area contributed by atoms with Crippen LogP contribution < -0.4 is 4.90 Å². The van der Waals surface area contributed by atoms with Crippen LogP contribution in [0.4, 0.5) is 5.69 Å². The third-order valence-electron chi connectivity index (χ3n) is 5.16. The summed E-state index contributed by atoms with van der Waals surface area (Å²) in [6, 6.07) is 4.19. The van der Waals surface area contributed by atoms with Gasteiger partial charge in [0.1, 0.15) is 0 Å². The number of morpholine rings is 1. The molecule has 2 fully saturated rings. The first-order valence-corrected chi connectivity index (χ1v) is 11.9. The molecule has 0 spiro atoms. The van der Waals surface area contributed by atoms with Crippen molar-refractivity contribution in [3.63, 3.8) is 0 Å². The average molecular weight is 412 g/mol. The van der Waals surface area contributed by atoms with Crippen LogP contribution in [0.3, 0.4) is 0 Å². The van der Waals surface area contributed by atoms with Gasteiger partial charge in [0.25, 0.3) is 0 Å². The summed E-state index contributed by atoms with van der Waals surface area (Å²) in [5.41, 5.74) is 2.34. The number of thiophene rings is 1. The number of nitrogens with zero attached hydrogens (tertiary/aromatic N) is 3. The zero-order valence-electron chi connectivity index (χ0n) is 15.4. The van der Waals surface area contributed by atoms with Crippen LogP contribution in [0.25, 0.3) is 10.4 Å². The Morgan fingerprint density at radius 3 is 2.74 bits per heavy atom. The van der Waals surface area contributed by atoms with Crippen LogP contribution in [0.1, 0.15) is 0 Å². The zero-order valence-corrected chi connectivity index (χ0v) is 17.0. The third-order valence-corrected chi connectivity index (χ3v) is 7.43. The van der Waals surface area contributed by atoms with E-state index in [1.54, 1.807) is 28.2 Å². The minimum Gasteiger partial charge on any atom is -0.472 e. The van der Waals surface area contributed by atoms with Crippen molar-refractivity contribution in [3.8, 4) is 10.4 Å². The van der Waals surface area contributed by atoms with Crippen LogP contribution in [0.2, 0.25) is 0 Å². The smallest absolute Gasteiger partial charge is 0.211 e. The van der Waals surface area contributed by atoms with E-state index in [1.165, 1.54) is 16.8 Å². The standard InChI is InChI=1S/C18H25N3O4S2/c1-27(22,23)21-5-3-19(4-6-21)11-17-12-20(7-9-25-17)16-10-18(26-14-16)15-2-8-24-13-15/h2,8,10,13-14,17H,3-7,9,11-12H2,1H3. The molecular formula is C18H25N3O4S2. The molecule has 0 N–H and O–H groups in total. The zero-order chi connectivity index (χ0) is 18.9. The predicted octanol–water partition coefficient (Wildman–Crippen LogP) is 1.79. The monoisotopic (exact) mass is 411 g/mol. The Bertz CT molecular complexity index is 842. The summed E-state index contributed by atoms with van der Waals surface area (Å²) in [6.07, 6.45) is 4.89. The Morgan fingerprint density at radius 1 is 1.22 bits per heavy atom. The number of hydrogen-bond acceptors (Lipinski definition) is 7. The molecule has 0 amide bonds. The van der Waals surface area contributed by atoms with Crippen molar-refractivity contribution < 1.29 is 17.6 Å². The Hall–Kier alpha value is -1.39. The minimum atomic E-state index is -3.08. The summed E-state index contributed by atoms with van der Waals surface area (Å²) in [6.45, 7) is 5.94. The second-order valence-corrected chi connectivity index (χ2v) is 9.98. The fourth-order valence-corrected chi connectivity index (χ4v) is 5.38. The number of sulfonamides is 1. The van der Waals surface area contributed by atoms with Gasteiger partial charge in [0.05, 0.1) is 31.5 Å². The highest BCUT2D eigenvalue weighted by Crippen LogP contribution is 2.32. The molecule has 2 aromatic rings. The van der Waals surface area contributed by atoms with Crippen LogP contribution in [-0.2, 0) is 14.8 Å². The van der Waals surface area contributed by atoms with Gasteiger partial charge >= 0.3 is 0 Å². The summed E-state index contributed by atoms with van der Waals surface area (Å²) >= 11 is 1.73. The molecule has 1 atom stereocenters. The molecule has 1 unspecified atom stereocenters. The first-order valence-electron chi connectivity index (χ1n) is 9.14. The van der Waals surface area contributed by atoms with Gasteiger partial charge in [0.15, 0.2) is 0 Å². The van der Waals surface area contributed by atoms with E-state index in [0.717, 1.165) is 38.3 Å². The van der Waals surface area contributed by atoms with Crippen molar-refractivity contribution in [2.45, 2.75) is 6.10 Å². The average Bonchev–Trinajstić information content (AvgIpc) is 3.33. The van der Waals surface area contributed by atoms with Crippen LogP contribution in [0, 0.1) is 0 Å². The number of ether oxygens (including phenoxy) is 1. The molecule has 148 valence electrons. The van der Waals surface area contributed by atoms with Crippen molar-refractivity contribution >= 4 is 27.0 Å². The van der Waals surface area contributed by atoms with Crippen molar-refractivity contribution in [1.29, 1.82) is 0 Å². The molecule has 0 radical (unpaired) electrons. The molecular weight excluding hydrogens is 386 g/mol. The molecule has 0 bridgehead atoms. The van der Waals surface area contributed by atoms with Gasteiger partial charge in [0, 0.05) is 67.3 Å². The maximum atomic E-state index is 11.6. The van der Waals surface area contributed by atoms with Crippen LogP contribution >= 0.6 is 11.3 Å². The van der Waals surface area contributed by atoms with E-state index in [-0.39, 0.29) is 6.10 Å². The Labute approximate surface area is 164 Å². The van der Waals surface area contributed by atoms with E-state index in [2.05, 4.69) is 21.2 Å². The summed E-state index contributed by atoms with van der Waals surface area (Å²) in [7, 11) is -3.08. The SMILES string of the molecule is CS(=O)(=O)N1CCN(CC2CN(c3csc(-c4ccoc4)c3)CCO2)CC1. The summed E-state index contributed by atoms with van der Waals surface area (Å²) in [4.78, 5) is 5.89. The lowest BCUT2D eigenvalue weighted by molar-refractivity contribution is 0.00994. The first-order chi connectivity index (χ1) is 13.0. The van der Waals surface area contributed by atoms with Gasteiger partial charge in [-0.2, -0.15) is 4.31 Å². The van der Waals surface area contributed by atoms with Gasteiger partial charge in [-0.3, -0.25) is 4.90 Å². The van der Waals surface area contributed by atoms with Gasteiger partial charge in [-0.1, -0.05) is 0 Å². The van der Waals surface area contributed by atoms with Gasteiger partial charge in [-0.15, -0.1) is 11.3 Å². The third kappa shape index (κ3) is 4.55. The van der Waals surface area contributed by atoms with Crippen molar-refractivity contribution in [2.24, 2.45) is 0 Å². The molecule has 0 aromatic carbocycles. The largest absolute Gasteiger partial charge is 0.472 e. The van der Waals surface area contributed by atoms with Crippen molar-refractivity contribution in [1.82, 2.24) is 9.21 Å². The van der Waals surface area contributed by atoms with Gasteiger partial charge in [0.2, 0.25) is 10.0 Å². The Balaban J connectivity index is 1.32. The Kier molecular flexibility index (Phi) is 5.56. The number of piperazine rings is 1. The van der Waals surface area contributed by atoms with Crippen molar-refractivity contribution in [2.75, 3.05) is 63.6 Å². The molecule has 7 nitrogen and oxygen atoms in total. The highest BCUT2D eigenvalue weighted by atomic mass is 32.2. The second-order valence-electron chi connectivity index (χ2n) is 7.08. The number of rotatable bonds is 5. The minimum absolute atomic E-state index is 0.140. The van der Waals surface area contributed by atoms with Crippen LogP contribution in [0.5, 0.6) is 0 Å². The lowest BCUT2D eigenvalue weighted by Gasteiger charge is -2.39. The quantitative estimate of drug-likeness (QED) is 0.747. The molecule has 2 aliphatic rings. The van der Waals surface area contributed by atoms with Gasteiger partial charge < -0.3 is 14.1 Å². The van der Waals surface area contributed by atoms with Crippen LogP contribution in [-0.4, -0.2) is 82.4 Å². The van der Waals surface area contributed by atoms with Crippen molar-refractivity contribution in [3.05, 3.63) is 30.0 Å². The van der Waals surface area contributed by atoms with Gasteiger partial charge in [-0.05, 0) is 12.1 Å². The molecule has 4 rings (SSSR count). The summed E-state index contributed by atoms with van der Waals surface area (Å²) < 4.78 is 36.0. The highest BCUT2D eigenvalue weighted by Gasteiger charge is 2.28. The summed E-state index contributed by atoms with van der Waals surface area (Å²) in [5, 5.41) is 2.19. The van der Waals surface area contributed by atoms with E-state index in [0.29, 0.717) is 19.7 Å². The highest BCUT2D eigenvalue weighted by molar-refractivity contribution is 7.88. The van der Waals surface area contributed by atoms with E-state index >= 15 is 0 Å². The summed E-state index contributed by atoms with van der Waals surface area (Å²) in [5.74, 6) is 0. The normalized spacial score (nSPS) is 23.0. The van der Waals surface area contributed by atoms with E-state index in [1.807, 2.05) is 6.07 Å². The molecule has 2 aliphatic heterocycles. The molecule has 2 aromatic heterocycles. The van der Waals surface area contributed by atoms with E-state index in [9.17, 15) is 8.42 Å². The molecule has 9 heteroatoms. The number of anilines is 1. The topological polar surface area (TPSA) is 66.2 Å². The first kappa shape index (κ1) is 18.9. The lowest BCUT2D eigenvalue weighted by Crippen LogP contribution is -2.53. The Morgan fingerprint density at radius 2 is 2.04 bits per heavy atom. The number of furan rings is 1.